The van der Waals surface area contributed by atoms with Crippen LogP contribution in [0.25, 0.3) is 0 Å². The summed E-state index contributed by atoms with van der Waals surface area (Å²) in [6.45, 7) is 2.60. The fraction of sp³-hybridized carbons (Fsp3) is 0.500. The second-order valence-electron chi connectivity index (χ2n) is 2.82. The van der Waals surface area contributed by atoms with Gasteiger partial charge in [-0.3, -0.25) is 0 Å². The zero-order chi connectivity index (χ0) is 8.39. The molecule has 2 heterocycles. The van der Waals surface area contributed by atoms with Crippen LogP contribution in [0.4, 0.5) is 0 Å². The third-order valence-corrected chi connectivity index (χ3v) is 3.06. The van der Waals surface area contributed by atoms with Crippen LogP contribution < -0.4 is 5.32 Å². The monoisotopic (exact) mass is 203 g/mol. The summed E-state index contributed by atoms with van der Waals surface area (Å²) in [5.74, 6) is 0. The summed E-state index contributed by atoms with van der Waals surface area (Å²) in [4.78, 5) is 1.28. The molecule has 0 amide bonds. The Hall–Kier alpha value is -0.0900. The molecule has 0 spiro atoms. The first kappa shape index (κ1) is 8.51. The van der Waals surface area contributed by atoms with Gasteiger partial charge in [0.1, 0.15) is 0 Å². The molecule has 0 bridgehead atoms. The third-order valence-electron chi connectivity index (χ3n) is 1.83. The molecule has 4 heteroatoms. The standard InChI is InChI=1S/C8H10ClNOS/c9-8-2-1-7(12-8)3-10-6-4-11-5-6/h1-2,6,10H,3-5H2. The van der Waals surface area contributed by atoms with E-state index in [-0.39, 0.29) is 0 Å². The van der Waals surface area contributed by atoms with Crippen molar-refractivity contribution < 1.29 is 4.74 Å². The van der Waals surface area contributed by atoms with Gasteiger partial charge in [-0.25, -0.2) is 0 Å². The minimum absolute atomic E-state index is 0.547. The number of nitrogens with one attached hydrogen (secondary N) is 1. The molecule has 0 unspecified atom stereocenters. The molecule has 12 heavy (non-hydrogen) atoms. The van der Waals surface area contributed by atoms with E-state index in [4.69, 9.17) is 16.3 Å². The first-order valence-corrected chi connectivity index (χ1v) is 5.09. The van der Waals surface area contributed by atoms with Crippen molar-refractivity contribution in [2.45, 2.75) is 12.6 Å². The molecule has 0 radical (unpaired) electrons. The van der Waals surface area contributed by atoms with Crippen LogP contribution in [0.15, 0.2) is 12.1 Å². The number of ether oxygens (including phenoxy) is 1. The van der Waals surface area contributed by atoms with Gasteiger partial charge in [0.15, 0.2) is 0 Å². The highest BCUT2D eigenvalue weighted by molar-refractivity contribution is 7.16. The lowest BCUT2D eigenvalue weighted by atomic mass is 10.2. The van der Waals surface area contributed by atoms with Crippen molar-refractivity contribution in [1.82, 2.24) is 5.32 Å². The maximum Gasteiger partial charge on any atom is 0.0931 e. The Bertz CT molecular complexity index is 259. The van der Waals surface area contributed by atoms with Gasteiger partial charge in [0.2, 0.25) is 0 Å². The Morgan fingerprint density at radius 3 is 2.92 bits per heavy atom. The molecule has 1 N–H and O–H groups in total. The molecule has 1 aliphatic rings. The highest BCUT2D eigenvalue weighted by Crippen LogP contribution is 2.21. The molecule has 1 aromatic heterocycles. The predicted octanol–water partition coefficient (Wildman–Crippen LogP) is 1.89. The molecule has 0 atom stereocenters. The number of hydrogen-bond acceptors (Lipinski definition) is 3. The van der Waals surface area contributed by atoms with E-state index in [1.54, 1.807) is 11.3 Å². The topological polar surface area (TPSA) is 21.3 Å². The second kappa shape index (κ2) is 3.75. The molecular formula is C8H10ClNOS. The van der Waals surface area contributed by atoms with Gasteiger partial charge < -0.3 is 10.1 Å². The summed E-state index contributed by atoms with van der Waals surface area (Å²) in [6.07, 6.45) is 0. The Balaban J connectivity index is 1.79. The van der Waals surface area contributed by atoms with Crippen LogP contribution in [-0.2, 0) is 11.3 Å². The minimum Gasteiger partial charge on any atom is -0.378 e. The lowest BCUT2D eigenvalue weighted by Crippen LogP contribution is -2.45. The molecule has 0 saturated carbocycles. The first-order chi connectivity index (χ1) is 5.84. The van der Waals surface area contributed by atoms with E-state index in [0.29, 0.717) is 6.04 Å². The molecule has 1 aromatic rings. The van der Waals surface area contributed by atoms with E-state index in [1.165, 1.54) is 4.88 Å². The Labute approximate surface area is 80.5 Å². The van der Waals surface area contributed by atoms with Crippen molar-refractivity contribution in [3.63, 3.8) is 0 Å². The summed E-state index contributed by atoms with van der Waals surface area (Å²) in [5.41, 5.74) is 0. The predicted molar refractivity (Wildman–Crippen MR) is 50.8 cm³/mol. The van der Waals surface area contributed by atoms with Gasteiger partial charge >= 0.3 is 0 Å². The summed E-state index contributed by atoms with van der Waals surface area (Å²) < 4.78 is 5.90. The van der Waals surface area contributed by atoms with E-state index in [9.17, 15) is 0 Å². The number of halogens is 1. The molecule has 1 aliphatic heterocycles. The average Bonchev–Trinajstić information content (AvgIpc) is 2.32. The zero-order valence-corrected chi connectivity index (χ0v) is 8.12. The smallest absolute Gasteiger partial charge is 0.0931 e. The summed E-state index contributed by atoms with van der Waals surface area (Å²) in [7, 11) is 0. The molecule has 0 aromatic carbocycles. The largest absolute Gasteiger partial charge is 0.378 e. The molecular weight excluding hydrogens is 194 g/mol. The van der Waals surface area contributed by atoms with Crippen LogP contribution in [0.1, 0.15) is 4.88 Å². The van der Waals surface area contributed by atoms with Crippen molar-refractivity contribution in [3.05, 3.63) is 21.3 Å². The number of hydrogen-bond donors (Lipinski definition) is 1. The van der Waals surface area contributed by atoms with E-state index in [0.717, 1.165) is 24.1 Å². The fourth-order valence-electron chi connectivity index (χ4n) is 1.05. The van der Waals surface area contributed by atoms with Gasteiger partial charge in [0.05, 0.1) is 23.6 Å². The van der Waals surface area contributed by atoms with Gasteiger partial charge in [0.25, 0.3) is 0 Å². The third kappa shape index (κ3) is 1.98. The van der Waals surface area contributed by atoms with Gasteiger partial charge in [0, 0.05) is 11.4 Å². The van der Waals surface area contributed by atoms with E-state index in [2.05, 4.69) is 11.4 Å². The Morgan fingerprint density at radius 1 is 1.58 bits per heavy atom. The van der Waals surface area contributed by atoms with Gasteiger partial charge in [-0.2, -0.15) is 0 Å². The quantitative estimate of drug-likeness (QED) is 0.810. The van der Waals surface area contributed by atoms with Gasteiger partial charge in [-0.1, -0.05) is 11.6 Å². The highest BCUT2D eigenvalue weighted by atomic mass is 35.5. The van der Waals surface area contributed by atoms with Crippen LogP contribution in [0.3, 0.4) is 0 Å². The van der Waals surface area contributed by atoms with Crippen molar-refractivity contribution in [2.24, 2.45) is 0 Å². The van der Waals surface area contributed by atoms with Crippen molar-refractivity contribution in [2.75, 3.05) is 13.2 Å². The van der Waals surface area contributed by atoms with Crippen LogP contribution in [0, 0.1) is 0 Å². The number of thiophene rings is 1. The van der Waals surface area contributed by atoms with Crippen LogP contribution in [0.2, 0.25) is 4.34 Å². The average molecular weight is 204 g/mol. The molecule has 1 saturated heterocycles. The molecule has 0 aliphatic carbocycles. The van der Waals surface area contributed by atoms with Crippen molar-refractivity contribution >= 4 is 22.9 Å². The van der Waals surface area contributed by atoms with Crippen LogP contribution in [0.5, 0.6) is 0 Å². The van der Waals surface area contributed by atoms with Crippen LogP contribution in [-0.4, -0.2) is 19.3 Å². The summed E-state index contributed by atoms with van der Waals surface area (Å²) in [6, 6.07) is 4.53. The molecule has 1 fully saturated rings. The maximum absolute atomic E-state index is 5.79. The first-order valence-electron chi connectivity index (χ1n) is 3.90. The van der Waals surface area contributed by atoms with Crippen molar-refractivity contribution in [3.8, 4) is 0 Å². The Kier molecular flexibility index (Phi) is 2.66. The summed E-state index contributed by atoms with van der Waals surface area (Å²) >= 11 is 7.42. The lowest BCUT2D eigenvalue weighted by Gasteiger charge is -2.26. The van der Waals surface area contributed by atoms with E-state index < -0.39 is 0 Å². The highest BCUT2D eigenvalue weighted by Gasteiger charge is 2.16. The number of rotatable bonds is 3. The maximum atomic E-state index is 5.79. The van der Waals surface area contributed by atoms with E-state index >= 15 is 0 Å². The molecule has 66 valence electrons. The van der Waals surface area contributed by atoms with Gasteiger partial charge in [-0.15, -0.1) is 11.3 Å². The zero-order valence-electron chi connectivity index (χ0n) is 6.55. The van der Waals surface area contributed by atoms with Crippen molar-refractivity contribution in [1.29, 1.82) is 0 Å². The molecule has 2 rings (SSSR count). The molecule has 2 nitrogen and oxygen atoms in total. The Morgan fingerprint density at radius 2 is 2.42 bits per heavy atom. The fourth-order valence-corrected chi connectivity index (χ4v) is 2.08. The SMILES string of the molecule is Clc1ccc(CNC2COC2)s1. The van der Waals surface area contributed by atoms with Crippen LogP contribution >= 0.6 is 22.9 Å². The summed E-state index contributed by atoms with van der Waals surface area (Å²) in [5, 5.41) is 3.38. The van der Waals surface area contributed by atoms with E-state index in [1.807, 2.05) is 6.07 Å². The second-order valence-corrected chi connectivity index (χ2v) is 4.62. The lowest BCUT2D eigenvalue weighted by molar-refractivity contribution is -0.00567. The minimum atomic E-state index is 0.547. The van der Waals surface area contributed by atoms with Gasteiger partial charge in [-0.05, 0) is 12.1 Å². The normalized spacial score (nSPS) is 17.8.